The summed E-state index contributed by atoms with van der Waals surface area (Å²) in [7, 11) is 0. The molecule has 2 amide bonds. The lowest BCUT2D eigenvalue weighted by atomic mass is 10.1. The van der Waals surface area contributed by atoms with Crippen LogP contribution in [-0.2, 0) is 16.1 Å². The average molecular weight is 326 g/mol. The molecule has 122 valence electrons. The van der Waals surface area contributed by atoms with Crippen LogP contribution in [0.25, 0.3) is 0 Å². The number of amides is 2. The molecule has 5 nitrogen and oxygen atoms in total. The summed E-state index contributed by atoms with van der Waals surface area (Å²) in [6, 6.07) is 7.82. The molecule has 6 heteroatoms. The van der Waals surface area contributed by atoms with E-state index in [-0.39, 0.29) is 24.2 Å². The second-order valence-corrected chi connectivity index (χ2v) is 5.34. The van der Waals surface area contributed by atoms with Crippen LogP contribution in [0.1, 0.15) is 37.7 Å². The number of hydrogen-bond donors (Lipinski definition) is 2. The van der Waals surface area contributed by atoms with Crippen molar-refractivity contribution >= 4 is 29.9 Å². The SMILES string of the molecule is Cl.NCCCC(=O)NCc1ccc(N2CCCCC2=O)cc1. The molecule has 0 unspecified atom stereocenters. The van der Waals surface area contributed by atoms with Gasteiger partial charge in [-0.05, 0) is 43.5 Å². The Bertz CT molecular complexity index is 491. The molecule has 1 aliphatic heterocycles. The zero-order valence-electron chi connectivity index (χ0n) is 12.7. The van der Waals surface area contributed by atoms with E-state index >= 15 is 0 Å². The zero-order valence-corrected chi connectivity index (χ0v) is 13.5. The van der Waals surface area contributed by atoms with E-state index in [4.69, 9.17) is 5.73 Å². The molecule has 0 atom stereocenters. The Balaban J connectivity index is 0.00000242. The molecule has 1 saturated heterocycles. The molecule has 22 heavy (non-hydrogen) atoms. The van der Waals surface area contributed by atoms with E-state index in [0.29, 0.717) is 32.4 Å². The summed E-state index contributed by atoms with van der Waals surface area (Å²) in [6.07, 6.45) is 3.87. The summed E-state index contributed by atoms with van der Waals surface area (Å²) >= 11 is 0. The normalized spacial score (nSPS) is 14.4. The summed E-state index contributed by atoms with van der Waals surface area (Å²) in [4.78, 5) is 25.2. The average Bonchev–Trinajstić information content (AvgIpc) is 2.52. The van der Waals surface area contributed by atoms with Crippen LogP contribution in [0.2, 0.25) is 0 Å². The van der Waals surface area contributed by atoms with Crippen LogP contribution < -0.4 is 16.0 Å². The number of nitrogens with two attached hydrogens (primary N) is 1. The number of benzene rings is 1. The Morgan fingerprint density at radius 1 is 1.23 bits per heavy atom. The van der Waals surface area contributed by atoms with Crippen molar-refractivity contribution in [3.8, 4) is 0 Å². The van der Waals surface area contributed by atoms with E-state index in [1.54, 1.807) is 0 Å². The number of carbonyl (C=O) groups excluding carboxylic acids is 2. The highest BCUT2D eigenvalue weighted by Gasteiger charge is 2.19. The van der Waals surface area contributed by atoms with Gasteiger partial charge in [-0.3, -0.25) is 9.59 Å². The fraction of sp³-hybridized carbons (Fsp3) is 0.500. The number of nitrogens with one attached hydrogen (secondary N) is 1. The molecule has 3 N–H and O–H groups in total. The minimum Gasteiger partial charge on any atom is -0.352 e. The van der Waals surface area contributed by atoms with Gasteiger partial charge >= 0.3 is 0 Å². The van der Waals surface area contributed by atoms with E-state index in [2.05, 4.69) is 5.32 Å². The van der Waals surface area contributed by atoms with Gasteiger partial charge in [-0.25, -0.2) is 0 Å². The Labute approximate surface area is 137 Å². The molecular formula is C16H24ClN3O2. The quantitative estimate of drug-likeness (QED) is 0.839. The third-order valence-corrected chi connectivity index (χ3v) is 3.67. The van der Waals surface area contributed by atoms with Crippen molar-refractivity contribution in [1.82, 2.24) is 5.32 Å². The molecule has 0 bridgehead atoms. The molecule has 0 radical (unpaired) electrons. The number of carbonyl (C=O) groups is 2. The summed E-state index contributed by atoms with van der Waals surface area (Å²) < 4.78 is 0. The maximum absolute atomic E-state index is 11.9. The van der Waals surface area contributed by atoms with Crippen molar-refractivity contribution in [2.75, 3.05) is 18.0 Å². The van der Waals surface area contributed by atoms with Gasteiger partial charge < -0.3 is 16.0 Å². The molecule has 1 aliphatic rings. The fourth-order valence-corrected chi connectivity index (χ4v) is 2.42. The van der Waals surface area contributed by atoms with E-state index in [1.165, 1.54) is 0 Å². The largest absolute Gasteiger partial charge is 0.352 e. The summed E-state index contributed by atoms with van der Waals surface area (Å²) in [5.74, 6) is 0.222. The Morgan fingerprint density at radius 2 is 1.95 bits per heavy atom. The van der Waals surface area contributed by atoms with E-state index < -0.39 is 0 Å². The maximum Gasteiger partial charge on any atom is 0.226 e. The summed E-state index contributed by atoms with van der Waals surface area (Å²) in [5, 5.41) is 2.87. The summed E-state index contributed by atoms with van der Waals surface area (Å²) in [5.41, 5.74) is 7.34. The molecule has 1 aromatic rings. The van der Waals surface area contributed by atoms with Crippen LogP contribution in [0.4, 0.5) is 5.69 Å². The molecule has 0 spiro atoms. The van der Waals surface area contributed by atoms with Crippen molar-refractivity contribution in [3.05, 3.63) is 29.8 Å². The minimum absolute atomic E-state index is 0. The highest BCUT2D eigenvalue weighted by atomic mass is 35.5. The van der Waals surface area contributed by atoms with Gasteiger partial charge in [0.25, 0.3) is 0 Å². The number of nitrogens with zero attached hydrogens (tertiary/aromatic N) is 1. The van der Waals surface area contributed by atoms with Gasteiger partial charge in [-0.2, -0.15) is 0 Å². The van der Waals surface area contributed by atoms with Crippen molar-refractivity contribution in [2.24, 2.45) is 5.73 Å². The third-order valence-electron chi connectivity index (χ3n) is 3.67. The second kappa shape index (κ2) is 9.43. The smallest absolute Gasteiger partial charge is 0.226 e. The van der Waals surface area contributed by atoms with Gasteiger partial charge in [0, 0.05) is 31.6 Å². The third kappa shape index (κ3) is 5.31. The molecule has 0 aromatic heterocycles. The fourth-order valence-electron chi connectivity index (χ4n) is 2.42. The van der Waals surface area contributed by atoms with Gasteiger partial charge in [0.2, 0.25) is 11.8 Å². The van der Waals surface area contributed by atoms with Crippen molar-refractivity contribution in [2.45, 2.75) is 38.6 Å². The van der Waals surface area contributed by atoms with Crippen LogP contribution in [0.5, 0.6) is 0 Å². The Hall–Kier alpha value is -1.59. The highest BCUT2D eigenvalue weighted by molar-refractivity contribution is 5.93. The first-order valence-electron chi connectivity index (χ1n) is 7.57. The molecule has 1 aromatic carbocycles. The highest BCUT2D eigenvalue weighted by Crippen LogP contribution is 2.21. The van der Waals surface area contributed by atoms with E-state index in [9.17, 15) is 9.59 Å². The van der Waals surface area contributed by atoms with Gasteiger partial charge in [0.05, 0.1) is 0 Å². The molecule has 0 aliphatic carbocycles. The first-order chi connectivity index (χ1) is 10.2. The lowest BCUT2D eigenvalue weighted by molar-refractivity contribution is -0.121. The number of anilines is 1. The first kappa shape index (κ1) is 18.5. The van der Waals surface area contributed by atoms with Gasteiger partial charge in [0.1, 0.15) is 0 Å². The standard InChI is InChI=1S/C16H23N3O2.ClH/c17-10-3-4-15(20)18-12-13-6-8-14(9-7-13)19-11-2-1-5-16(19)21;/h6-9H,1-5,10-12,17H2,(H,18,20);1H. The van der Waals surface area contributed by atoms with Crippen LogP contribution in [0.3, 0.4) is 0 Å². The molecule has 1 heterocycles. The maximum atomic E-state index is 11.9. The van der Waals surface area contributed by atoms with E-state index in [1.807, 2.05) is 29.2 Å². The predicted octanol–water partition coefficient (Wildman–Crippen LogP) is 1.98. The minimum atomic E-state index is 0. The summed E-state index contributed by atoms with van der Waals surface area (Å²) in [6.45, 7) is 1.84. The van der Waals surface area contributed by atoms with Crippen LogP contribution in [0.15, 0.2) is 24.3 Å². The van der Waals surface area contributed by atoms with Crippen molar-refractivity contribution in [1.29, 1.82) is 0 Å². The number of halogens is 1. The van der Waals surface area contributed by atoms with Crippen LogP contribution in [-0.4, -0.2) is 24.9 Å². The molecule has 1 fully saturated rings. The second-order valence-electron chi connectivity index (χ2n) is 5.34. The van der Waals surface area contributed by atoms with Gasteiger partial charge in [-0.1, -0.05) is 12.1 Å². The molecular weight excluding hydrogens is 302 g/mol. The van der Waals surface area contributed by atoms with Crippen LogP contribution >= 0.6 is 12.4 Å². The monoisotopic (exact) mass is 325 g/mol. The first-order valence-corrected chi connectivity index (χ1v) is 7.57. The van der Waals surface area contributed by atoms with Crippen molar-refractivity contribution in [3.63, 3.8) is 0 Å². The van der Waals surface area contributed by atoms with Crippen molar-refractivity contribution < 1.29 is 9.59 Å². The van der Waals surface area contributed by atoms with E-state index in [0.717, 1.165) is 30.6 Å². The molecule has 2 rings (SSSR count). The Kier molecular flexibility index (Phi) is 7.91. The molecule has 0 saturated carbocycles. The number of piperidine rings is 1. The number of hydrogen-bond acceptors (Lipinski definition) is 3. The van der Waals surface area contributed by atoms with Gasteiger partial charge in [-0.15, -0.1) is 12.4 Å². The van der Waals surface area contributed by atoms with Gasteiger partial charge in [0.15, 0.2) is 0 Å². The lowest BCUT2D eigenvalue weighted by Crippen LogP contribution is -2.35. The number of rotatable bonds is 6. The Morgan fingerprint density at radius 3 is 2.59 bits per heavy atom. The zero-order chi connectivity index (χ0) is 15.1. The predicted molar refractivity (Wildman–Crippen MR) is 90.0 cm³/mol. The lowest BCUT2D eigenvalue weighted by Gasteiger charge is -2.26. The van der Waals surface area contributed by atoms with Crippen LogP contribution in [0, 0.1) is 0 Å². The topological polar surface area (TPSA) is 75.4 Å².